The van der Waals surface area contributed by atoms with Gasteiger partial charge in [0.2, 0.25) is 0 Å². The van der Waals surface area contributed by atoms with Crippen LogP contribution in [0.3, 0.4) is 0 Å². The van der Waals surface area contributed by atoms with Crippen molar-refractivity contribution in [1.82, 2.24) is 0 Å². The molecule has 0 bridgehead atoms. The molecule has 0 saturated heterocycles. The van der Waals surface area contributed by atoms with Gasteiger partial charge in [-0.25, -0.2) is 0 Å². The molecule has 120 valence electrons. The number of rotatable bonds is 2. The molecule has 0 aromatic heterocycles. The quantitative estimate of drug-likeness (QED) is 0.650. The van der Waals surface area contributed by atoms with Crippen LogP contribution >= 0.6 is 0 Å². The molecule has 3 rings (SSSR count). The Bertz CT molecular complexity index is 574. The number of allylic oxidation sites excluding steroid dienone is 1. The summed E-state index contributed by atoms with van der Waals surface area (Å²) in [6.07, 6.45) is 6.51. The summed E-state index contributed by atoms with van der Waals surface area (Å²) in [5, 5.41) is 3.82. The predicted molar refractivity (Wildman–Crippen MR) is 96.3 cm³/mol. The van der Waals surface area contributed by atoms with Gasteiger partial charge in [0, 0.05) is 11.7 Å². The molecule has 0 saturated carbocycles. The van der Waals surface area contributed by atoms with Crippen molar-refractivity contribution in [1.29, 1.82) is 0 Å². The first-order valence-electron chi connectivity index (χ1n) is 8.82. The molecule has 0 heterocycles. The van der Waals surface area contributed by atoms with E-state index in [-0.39, 0.29) is 0 Å². The van der Waals surface area contributed by atoms with E-state index in [1.54, 1.807) is 11.1 Å². The molecule has 2 aliphatic carbocycles. The maximum Gasteiger partial charge on any atom is 0.0352 e. The van der Waals surface area contributed by atoms with Crippen molar-refractivity contribution in [3.05, 3.63) is 41.0 Å². The average Bonchev–Trinajstić information content (AvgIpc) is 2.43. The SMILES string of the molecule is Cc1ccc(N[C@H]2CC3=C(CC2(C)C)C(C)(C)CCC3)cc1. The van der Waals surface area contributed by atoms with E-state index in [9.17, 15) is 0 Å². The van der Waals surface area contributed by atoms with Crippen LogP contribution in [-0.2, 0) is 0 Å². The topological polar surface area (TPSA) is 12.0 Å². The first-order chi connectivity index (χ1) is 10.3. The van der Waals surface area contributed by atoms with Gasteiger partial charge in [-0.2, -0.15) is 0 Å². The zero-order chi connectivity index (χ0) is 16.0. The third-order valence-electron chi connectivity index (χ3n) is 5.94. The highest BCUT2D eigenvalue weighted by atomic mass is 14.9. The number of benzene rings is 1. The molecule has 1 atom stereocenters. The van der Waals surface area contributed by atoms with E-state index in [0.29, 0.717) is 16.9 Å². The van der Waals surface area contributed by atoms with E-state index in [4.69, 9.17) is 0 Å². The molecule has 0 radical (unpaired) electrons. The zero-order valence-corrected chi connectivity index (χ0v) is 14.9. The maximum atomic E-state index is 3.82. The van der Waals surface area contributed by atoms with Gasteiger partial charge >= 0.3 is 0 Å². The first kappa shape index (κ1) is 15.6. The monoisotopic (exact) mass is 297 g/mol. The molecule has 1 N–H and O–H groups in total. The molecule has 22 heavy (non-hydrogen) atoms. The van der Waals surface area contributed by atoms with Crippen molar-refractivity contribution in [2.45, 2.75) is 72.8 Å². The van der Waals surface area contributed by atoms with Gasteiger partial charge in [-0.3, -0.25) is 0 Å². The van der Waals surface area contributed by atoms with Crippen molar-refractivity contribution in [3.63, 3.8) is 0 Å². The number of hydrogen-bond donors (Lipinski definition) is 1. The van der Waals surface area contributed by atoms with E-state index >= 15 is 0 Å². The number of aryl methyl sites for hydroxylation is 1. The van der Waals surface area contributed by atoms with Crippen LogP contribution in [0.15, 0.2) is 35.4 Å². The molecule has 0 aliphatic heterocycles. The second kappa shape index (κ2) is 5.44. The Labute approximate surface area is 136 Å². The summed E-state index contributed by atoms with van der Waals surface area (Å²) < 4.78 is 0. The fourth-order valence-electron chi connectivity index (χ4n) is 4.31. The minimum absolute atomic E-state index is 0.318. The molecule has 1 aromatic rings. The second-order valence-electron chi connectivity index (χ2n) is 8.75. The molecule has 1 aromatic carbocycles. The third kappa shape index (κ3) is 2.95. The van der Waals surface area contributed by atoms with Crippen LogP contribution in [0.2, 0.25) is 0 Å². The Morgan fingerprint density at radius 2 is 1.73 bits per heavy atom. The van der Waals surface area contributed by atoms with Gasteiger partial charge in [-0.15, -0.1) is 0 Å². The Balaban J connectivity index is 1.84. The summed E-state index contributed by atoms with van der Waals surface area (Å²) in [7, 11) is 0. The summed E-state index contributed by atoms with van der Waals surface area (Å²) in [6.45, 7) is 11.9. The van der Waals surface area contributed by atoms with Gasteiger partial charge in [0.25, 0.3) is 0 Å². The van der Waals surface area contributed by atoms with Gasteiger partial charge < -0.3 is 5.32 Å². The van der Waals surface area contributed by atoms with Crippen LogP contribution < -0.4 is 5.32 Å². The molecule has 1 heteroatoms. The van der Waals surface area contributed by atoms with Crippen molar-refractivity contribution < 1.29 is 0 Å². The van der Waals surface area contributed by atoms with Crippen LogP contribution in [-0.4, -0.2) is 6.04 Å². The highest BCUT2D eigenvalue weighted by Crippen LogP contribution is 2.51. The summed E-state index contributed by atoms with van der Waals surface area (Å²) >= 11 is 0. The number of anilines is 1. The van der Waals surface area contributed by atoms with Gasteiger partial charge in [0.1, 0.15) is 0 Å². The zero-order valence-electron chi connectivity index (χ0n) is 14.9. The number of hydrogen-bond acceptors (Lipinski definition) is 1. The Morgan fingerprint density at radius 1 is 1.05 bits per heavy atom. The van der Waals surface area contributed by atoms with Crippen molar-refractivity contribution in [2.75, 3.05) is 5.32 Å². The fourth-order valence-corrected chi connectivity index (χ4v) is 4.31. The molecule has 0 spiro atoms. The lowest BCUT2D eigenvalue weighted by Crippen LogP contribution is -2.43. The van der Waals surface area contributed by atoms with Crippen molar-refractivity contribution in [3.8, 4) is 0 Å². The molecule has 1 nitrogen and oxygen atoms in total. The van der Waals surface area contributed by atoms with E-state index in [0.717, 1.165) is 0 Å². The van der Waals surface area contributed by atoms with Crippen LogP contribution in [0.1, 0.15) is 65.4 Å². The third-order valence-corrected chi connectivity index (χ3v) is 5.94. The lowest BCUT2D eigenvalue weighted by molar-refractivity contribution is 0.225. The molecule has 0 unspecified atom stereocenters. The van der Waals surface area contributed by atoms with Crippen LogP contribution in [0.4, 0.5) is 5.69 Å². The Hall–Kier alpha value is -1.24. The van der Waals surface area contributed by atoms with E-state index < -0.39 is 0 Å². The maximum absolute atomic E-state index is 3.82. The fraction of sp³-hybridized carbons (Fsp3) is 0.619. The van der Waals surface area contributed by atoms with Crippen LogP contribution in [0.25, 0.3) is 0 Å². The molecular weight excluding hydrogens is 266 g/mol. The minimum Gasteiger partial charge on any atom is -0.381 e. The first-order valence-corrected chi connectivity index (χ1v) is 8.82. The minimum atomic E-state index is 0.318. The van der Waals surface area contributed by atoms with Crippen LogP contribution in [0.5, 0.6) is 0 Å². The predicted octanol–water partition coefficient (Wildman–Crippen LogP) is 6.10. The molecule has 2 aliphatic rings. The summed E-state index contributed by atoms with van der Waals surface area (Å²) in [5.74, 6) is 0. The summed E-state index contributed by atoms with van der Waals surface area (Å²) in [6, 6.07) is 9.39. The second-order valence-corrected chi connectivity index (χ2v) is 8.75. The summed E-state index contributed by atoms with van der Waals surface area (Å²) in [5.41, 5.74) is 6.85. The van der Waals surface area contributed by atoms with Gasteiger partial charge in [-0.1, -0.05) is 56.5 Å². The normalized spacial score (nSPS) is 26.5. The van der Waals surface area contributed by atoms with Gasteiger partial charge in [-0.05, 0) is 62.0 Å². The van der Waals surface area contributed by atoms with Crippen molar-refractivity contribution in [2.24, 2.45) is 10.8 Å². The molecule has 0 amide bonds. The van der Waals surface area contributed by atoms with Crippen molar-refractivity contribution >= 4 is 5.69 Å². The summed E-state index contributed by atoms with van der Waals surface area (Å²) in [4.78, 5) is 0. The van der Waals surface area contributed by atoms with E-state index in [1.165, 1.54) is 43.4 Å². The number of nitrogens with one attached hydrogen (secondary N) is 1. The van der Waals surface area contributed by atoms with E-state index in [2.05, 4.69) is 64.2 Å². The standard InChI is InChI=1S/C21H31N/c1-15-8-10-17(11-9-15)22-19-13-16-7-6-12-20(2,3)18(16)14-21(19,4)5/h8-11,19,22H,6-7,12-14H2,1-5H3/t19-/m0/s1. The molecule has 0 fully saturated rings. The van der Waals surface area contributed by atoms with Gasteiger partial charge in [0.05, 0.1) is 0 Å². The molecular formula is C21H31N. The lowest BCUT2D eigenvalue weighted by Gasteiger charge is -2.48. The smallest absolute Gasteiger partial charge is 0.0352 e. The Kier molecular flexibility index (Phi) is 3.87. The van der Waals surface area contributed by atoms with Crippen LogP contribution in [0, 0.1) is 17.8 Å². The highest BCUT2D eigenvalue weighted by molar-refractivity contribution is 5.47. The largest absolute Gasteiger partial charge is 0.381 e. The van der Waals surface area contributed by atoms with E-state index in [1.807, 2.05) is 0 Å². The van der Waals surface area contributed by atoms with Gasteiger partial charge in [0.15, 0.2) is 0 Å². The average molecular weight is 297 g/mol. The highest BCUT2D eigenvalue weighted by Gasteiger charge is 2.41. The Morgan fingerprint density at radius 3 is 2.41 bits per heavy atom. The lowest BCUT2D eigenvalue weighted by atomic mass is 9.60.